The SMILES string of the molecule is O=C(Nc1ccccc1-n1ccnn1)n1ccnc1. The molecule has 0 radical (unpaired) electrons. The van der Waals surface area contributed by atoms with Crippen molar-refractivity contribution in [3.8, 4) is 5.69 Å². The summed E-state index contributed by atoms with van der Waals surface area (Å²) in [5.41, 5.74) is 1.39. The van der Waals surface area contributed by atoms with Crippen LogP contribution in [-0.4, -0.2) is 30.6 Å². The Labute approximate surface area is 108 Å². The van der Waals surface area contributed by atoms with E-state index in [1.165, 1.54) is 10.9 Å². The van der Waals surface area contributed by atoms with Gasteiger partial charge in [-0.3, -0.25) is 4.57 Å². The number of anilines is 1. The maximum Gasteiger partial charge on any atom is 0.331 e. The maximum absolute atomic E-state index is 12.0. The van der Waals surface area contributed by atoms with Crippen LogP contribution in [0.5, 0.6) is 0 Å². The molecule has 0 spiro atoms. The molecule has 0 saturated carbocycles. The van der Waals surface area contributed by atoms with Crippen LogP contribution in [0.2, 0.25) is 0 Å². The van der Waals surface area contributed by atoms with Crippen molar-refractivity contribution < 1.29 is 4.79 Å². The first-order chi connectivity index (χ1) is 9.34. The van der Waals surface area contributed by atoms with Crippen LogP contribution in [0.1, 0.15) is 0 Å². The molecule has 94 valence electrons. The summed E-state index contributed by atoms with van der Waals surface area (Å²) in [5.74, 6) is 0. The molecule has 7 nitrogen and oxygen atoms in total. The highest BCUT2D eigenvalue weighted by Gasteiger charge is 2.09. The number of hydrogen-bond donors (Lipinski definition) is 1. The maximum atomic E-state index is 12.0. The number of hydrogen-bond acceptors (Lipinski definition) is 4. The summed E-state index contributed by atoms with van der Waals surface area (Å²) in [7, 11) is 0. The third-order valence-corrected chi connectivity index (χ3v) is 2.55. The zero-order valence-electron chi connectivity index (χ0n) is 9.84. The van der Waals surface area contributed by atoms with Gasteiger partial charge in [-0.1, -0.05) is 17.3 Å². The first kappa shape index (κ1) is 11.1. The topological polar surface area (TPSA) is 77.6 Å². The van der Waals surface area contributed by atoms with Gasteiger partial charge < -0.3 is 5.32 Å². The summed E-state index contributed by atoms with van der Waals surface area (Å²) in [5, 5.41) is 10.5. The highest BCUT2D eigenvalue weighted by molar-refractivity contribution is 5.92. The average molecular weight is 254 g/mol. The molecule has 1 amide bonds. The Balaban J connectivity index is 1.92. The Morgan fingerprint density at radius 1 is 1.16 bits per heavy atom. The molecule has 0 aliphatic heterocycles. The molecule has 3 aromatic rings. The third-order valence-electron chi connectivity index (χ3n) is 2.55. The van der Waals surface area contributed by atoms with E-state index in [-0.39, 0.29) is 6.03 Å². The van der Waals surface area contributed by atoms with Crippen molar-refractivity contribution in [1.82, 2.24) is 24.5 Å². The fourth-order valence-electron chi connectivity index (χ4n) is 1.67. The van der Waals surface area contributed by atoms with E-state index in [4.69, 9.17) is 0 Å². The number of imidazole rings is 1. The number of carbonyl (C=O) groups excluding carboxylic acids is 1. The van der Waals surface area contributed by atoms with Crippen molar-refractivity contribution in [3.05, 3.63) is 55.4 Å². The molecular weight excluding hydrogens is 244 g/mol. The second-order valence-electron chi connectivity index (χ2n) is 3.76. The molecule has 1 aromatic carbocycles. The fourth-order valence-corrected chi connectivity index (χ4v) is 1.67. The van der Waals surface area contributed by atoms with E-state index in [2.05, 4.69) is 20.6 Å². The summed E-state index contributed by atoms with van der Waals surface area (Å²) in [6.07, 6.45) is 7.85. The van der Waals surface area contributed by atoms with Gasteiger partial charge in [-0.15, -0.1) is 5.10 Å². The largest absolute Gasteiger partial charge is 0.331 e. The third kappa shape index (κ3) is 2.21. The Morgan fingerprint density at radius 2 is 2.05 bits per heavy atom. The zero-order chi connectivity index (χ0) is 13.1. The summed E-state index contributed by atoms with van der Waals surface area (Å²) in [4.78, 5) is 15.8. The molecule has 2 aromatic heterocycles. The molecule has 0 aliphatic carbocycles. The highest BCUT2D eigenvalue weighted by Crippen LogP contribution is 2.18. The number of para-hydroxylation sites is 2. The predicted molar refractivity (Wildman–Crippen MR) is 68.0 cm³/mol. The average Bonchev–Trinajstić information content (AvgIpc) is 3.13. The zero-order valence-corrected chi connectivity index (χ0v) is 9.84. The summed E-state index contributed by atoms with van der Waals surface area (Å²) >= 11 is 0. The lowest BCUT2D eigenvalue weighted by molar-refractivity contribution is 0.253. The van der Waals surface area contributed by atoms with Gasteiger partial charge in [0.1, 0.15) is 6.33 Å². The van der Waals surface area contributed by atoms with Gasteiger partial charge in [0.05, 0.1) is 23.8 Å². The summed E-state index contributed by atoms with van der Waals surface area (Å²) in [6.45, 7) is 0. The van der Waals surface area contributed by atoms with Gasteiger partial charge in [-0.05, 0) is 12.1 Å². The van der Waals surface area contributed by atoms with Crippen molar-refractivity contribution in [2.24, 2.45) is 0 Å². The van der Waals surface area contributed by atoms with Crippen molar-refractivity contribution in [3.63, 3.8) is 0 Å². The molecule has 3 rings (SSSR count). The predicted octanol–water partition coefficient (Wildman–Crippen LogP) is 1.54. The molecule has 19 heavy (non-hydrogen) atoms. The Kier molecular flexibility index (Phi) is 2.77. The van der Waals surface area contributed by atoms with Gasteiger partial charge in [0, 0.05) is 12.4 Å². The molecule has 0 saturated heterocycles. The molecule has 0 atom stereocenters. The summed E-state index contributed by atoms with van der Waals surface area (Å²) in [6, 6.07) is 7.06. The minimum Gasteiger partial charge on any atom is -0.305 e. The van der Waals surface area contributed by atoms with E-state index in [0.29, 0.717) is 5.69 Å². The first-order valence-electron chi connectivity index (χ1n) is 5.59. The van der Waals surface area contributed by atoms with Crippen LogP contribution in [-0.2, 0) is 0 Å². The fraction of sp³-hybridized carbons (Fsp3) is 0. The van der Waals surface area contributed by atoms with E-state index < -0.39 is 0 Å². The van der Waals surface area contributed by atoms with Gasteiger partial charge in [-0.25, -0.2) is 14.5 Å². The first-order valence-corrected chi connectivity index (χ1v) is 5.59. The van der Waals surface area contributed by atoms with Crippen LogP contribution >= 0.6 is 0 Å². The summed E-state index contributed by atoms with van der Waals surface area (Å²) < 4.78 is 2.95. The Hall–Kier alpha value is -2.96. The van der Waals surface area contributed by atoms with E-state index in [1.54, 1.807) is 35.5 Å². The molecule has 7 heteroatoms. The number of amides is 1. The van der Waals surface area contributed by atoms with Crippen LogP contribution in [0, 0.1) is 0 Å². The molecule has 1 N–H and O–H groups in total. The number of carbonyl (C=O) groups is 1. The normalized spacial score (nSPS) is 10.3. The quantitative estimate of drug-likeness (QED) is 0.752. The number of nitrogens with zero attached hydrogens (tertiary/aromatic N) is 5. The van der Waals surface area contributed by atoms with E-state index in [9.17, 15) is 4.79 Å². The van der Waals surface area contributed by atoms with Crippen LogP contribution < -0.4 is 5.32 Å². The van der Waals surface area contributed by atoms with E-state index in [0.717, 1.165) is 5.69 Å². The standard InChI is InChI=1S/C12H10N6O/c19-12(17-7-5-13-9-17)15-10-3-1-2-4-11(10)18-8-6-14-16-18/h1-9H,(H,15,19). The van der Waals surface area contributed by atoms with Crippen molar-refractivity contribution in [2.75, 3.05) is 5.32 Å². The Morgan fingerprint density at radius 3 is 2.79 bits per heavy atom. The van der Waals surface area contributed by atoms with Gasteiger partial charge in [-0.2, -0.15) is 0 Å². The van der Waals surface area contributed by atoms with Gasteiger partial charge >= 0.3 is 6.03 Å². The van der Waals surface area contributed by atoms with Crippen LogP contribution in [0.3, 0.4) is 0 Å². The van der Waals surface area contributed by atoms with E-state index >= 15 is 0 Å². The second-order valence-corrected chi connectivity index (χ2v) is 3.76. The molecule has 2 heterocycles. The molecular formula is C12H10N6O. The van der Waals surface area contributed by atoms with Crippen LogP contribution in [0.15, 0.2) is 55.4 Å². The highest BCUT2D eigenvalue weighted by atomic mass is 16.2. The molecule has 0 unspecified atom stereocenters. The minimum atomic E-state index is -0.287. The minimum absolute atomic E-state index is 0.287. The van der Waals surface area contributed by atoms with Gasteiger partial charge in [0.2, 0.25) is 0 Å². The Bertz CT molecular complexity index is 674. The number of rotatable bonds is 2. The van der Waals surface area contributed by atoms with E-state index in [1.807, 2.05) is 18.2 Å². The van der Waals surface area contributed by atoms with Gasteiger partial charge in [0.15, 0.2) is 0 Å². The monoisotopic (exact) mass is 254 g/mol. The lowest BCUT2D eigenvalue weighted by atomic mass is 10.2. The number of aromatic nitrogens is 5. The van der Waals surface area contributed by atoms with Crippen molar-refractivity contribution in [2.45, 2.75) is 0 Å². The number of nitrogens with one attached hydrogen (secondary N) is 1. The lowest BCUT2D eigenvalue weighted by Crippen LogP contribution is -2.19. The van der Waals surface area contributed by atoms with Crippen molar-refractivity contribution >= 4 is 11.7 Å². The molecule has 0 fully saturated rings. The second kappa shape index (κ2) is 4.73. The van der Waals surface area contributed by atoms with Gasteiger partial charge in [0.25, 0.3) is 0 Å². The molecule has 0 bridgehead atoms. The smallest absolute Gasteiger partial charge is 0.305 e. The lowest BCUT2D eigenvalue weighted by Gasteiger charge is -2.10. The van der Waals surface area contributed by atoms with Crippen LogP contribution in [0.4, 0.5) is 10.5 Å². The number of benzene rings is 1. The molecule has 0 aliphatic rings. The van der Waals surface area contributed by atoms with Crippen LogP contribution in [0.25, 0.3) is 5.69 Å². The van der Waals surface area contributed by atoms with Crippen molar-refractivity contribution in [1.29, 1.82) is 0 Å².